The van der Waals surface area contributed by atoms with Crippen LogP contribution in [0.5, 0.6) is 0 Å². The van der Waals surface area contributed by atoms with Crippen LogP contribution < -0.4 is 0 Å². The zero-order chi connectivity index (χ0) is 14.9. The molecule has 0 fully saturated rings. The second-order valence-electron chi connectivity index (χ2n) is 5.87. The summed E-state index contributed by atoms with van der Waals surface area (Å²) in [5, 5.41) is -0.500. The van der Waals surface area contributed by atoms with E-state index in [-0.39, 0.29) is 5.41 Å². The largest absolute Gasteiger partial charge is 0.204 e. The molecule has 0 aliphatic heterocycles. The molecule has 2 aromatic carbocycles. The molecule has 0 aromatic heterocycles. The minimum absolute atomic E-state index is 0.0672. The van der Waals surface area contributed by atoms with Crippen LogP contribution >= 0.6 is 11.6 Å². The van der Waals surface area contributed by atoms with Crippen LogP contribution in [0.15, 0.2) is 42.5 Å². The summed E-state index contributed by atoms with van der Waals surface area (Å²) >= 11 is 6.48. The summed E-state index contributed by atoms with van der Waals surface area (Å²) in [6.07, 6.45) is 0. The third-order valence-corrected chi connectivity index (χ3v) is 3.77. The molecule has 0 N–H and O–H groups in total. The summed E-state index contributed by atoms with van der Waals surface area (Å²) in [5.74, 6) is -1.73. The lowest BCUT2D eigenvalue weighted by Crippen LogP contribution is -2.15. The number of benzene rings is 2. The average Bonchev–Trinajstić information content (AvgIpc) is 2.40. The molecule has 0 aliphatic rings. The molecular weight excluding hydrogens is 278 g/mol. The molecule has 0 saturated heterocycles. The van der Waals surface area contributed by atoms with E-state index in [9.17, 15) is 8.78 Å². The monoisotopic (exact) mass is 294 g/mol. The molecule has 0 heterocycles. The zero-order valence-electron chi connectivity index (χ0n) is 11.8. The van der Waals surface area contributed by atoms with Crippen LogP contribution in [0.4, 0.5) is 8.78 Å². The second kappa shape index (κ2) is 5.53. The van der Waals surface area contributed by atoms with Crippen LogP contribution in [0.2, 0.25) is 0 Å². The summed E-state index contributed by atoms with van der Waals surface area (Å²) in [6, 6.07) is 11.6. The van der Waals surface area contributed by atoms with E-state index < -0.39 is 17.0 Å². The van der Waals surface area contributed by atoms with Crippen molar-refractivity contribution < 1.29 is 8.78 Å². The lowest BCUT2D eigenvalue weighted by atomic mass is 9.82. The Morgan fingerprint density at radius 2 is 1.60 bits per heavy atom. The van der Waals surface area contributed by atoms with Gasteiger partial charge in [-0.15, -0.1) is 11.6 Å². The van der Waals surface area contributed by atoms with E-state index in [1.165, 1.54) is 6.07 Å². The van der Waals surface area contributed by atoms with E-state index in [1.54, 1.807) is 0 Å². The number of halogens is 3. The third kappa shape index (κ3) is 3.01. The molecule has 0 spiro atoms. The number of hydrogen-bond acceptors (Lipinski definition) is 0. The highest BCUT2D eigenvalue weighted by Gasteiger charge is 2.22. The molecule has 20 heavy (non-hydrogen) atoms. The Hall–Kier alpha value is -1.41. The van der Waals surface area contributed by atoms with Crippen LogP contribution in [0, 0.1) is 11.6 Å². The van der Waals surface area contributed by atoms with Crippen molar-refractivity contribution in [3.05, 3.63) is 70.8 Å². The van der Waals surface area contributed by atoms with Gasteiger partial charge >= 0.3 is 0 Å². The Bertz CT molecular complexity index is 615. The molecule has 2 aromatic rings. The van der Waals surface area contributed by atoms with Crippen LogP contribution in [0.1, 0.15) is 42.8 Å². The Morgan fingerprint density at radius 1 is 0.950 bits per heavy atom. The lowest BCUT2D eigenvalue weighted by molar-refractivity contribution is 0.507. The van der Waals surface area contributed by atoms with E-state index in [1.807, 2.05) is 24.3 Å². The molecular formula is C17H17ClF2. The van der Waals surface area contributed by atoms with Crippen molar-refractivity contribution in [1.29, 1.82) is 0 Å². The van der Waals surface area contributed by atoms with Crippen LogP contribution in [-0.2, 0) is 5.41 Å². The zero-order valence-corrected chi connectivity index (χ0v) is 12.5. The van der Waals surface area contributed by atoms with Gasteiger partial charge in [0.15, 0.2) is 11.6 Å². The van der Waals surface area contributed by atoms with Crippen LogP contribution in [0.3, 0.4) is 0 Å². The van der Waals surface area contributed by atoms with Crippen LogP contribution in [0.25, 0.3) is 0 Å². The standard InChI is InChI=1S/C17H17ClF2/c1-17(2,3)13-7-5-4-6-12(13)16(18)11-8-9-14(19)15(20)10-11/h4-10,16H,1-3H3. The van der Waals surface area contributed by atoms with Gasteiger partial charge in [-0.1, -0.05) is 51.1 Å². The Balaban J connectivity index is 2.48. The molecule has 3 heteroatoms. The van der Waals surface area contributed by atoms with Gasteiger partial charge in [-0.3, -0.25) is 0 Å². The fourth-order valence-corrected chi connectivity index (χ4v) is 2.58. The first-order chi connectivity index (χ1) is 9.30. The van der Waals surface area contributed by atoms with Crippen molar-refractivity contribution in [2.45, 2.75) is 31.6 Å². The molecule has 0 nitrogen and oxygen atoms in total. The first-order valence-corrected chi connectivity index (χ1v) is 6.93. The first kappa shape index (κ1) is 15.0. The summed E-state index contributed by atoms with van der Waals surface area (Å²) in [4.78, 5) is 0. The first-order valence-electron chi connectivity index (χ1n) is 6.49. The van der Waals surface area contributed by atoms with Crippen molar-refractivity contribution >= 4 is 11.6 Å². The maximum absolute atomic E-state index is 13.4. The topological polar surface area (TPSA) is 0 Å². The molecule has 1 atom stereocenters. The van der Waals surface area contributed by atoms with Crippen molar-refractivity contribution in [1.82, 2.24) is 0 Å². The lowest BCUT2D eigenvalue weighted by Gasteiger charge is -2.25. The molecule has 0 saturated carbocycles. The molecule has 0 aliphatic carbocycles. The molecule has 1 unspecified atom stereocenters. The normalized spacial score (nSPS) is 13.3. The maximum atomic E-state index is 13.4. The van der Waals surface area contributed by atoms with Crippen molar-refractivity contribution in [3.8, 4) is 0 Å². The van der Waals surface area contributed by atoms with Gasteiger partial charge in [-0.05, 0) is 34.2 Å². The van der Waals surface area contributed by atoms with Gasteiger partial charge in [-0.25, -0.2) is 8.78 Å². The molecule has 0 amide bonds. The van der Waals surface area contributed by atoms with Crippen molar-refractivity contribution in [2.24, 2.45) is 0 Å². The second-order valence-corrected chi connectivity index (χ2v) is 6.31. The highest BCUT2D eigenvalue weighted by Crippen LogP contribution is 2.36. The van der Waals surface area contributed by atoms with Gasteiger partial charge in [0.1, 0.15) is 0 Å². The van der Waals surface area contributed by atoms with Gasteiger partial charge in [0.05, 0.1) is 5.38 Å². The van der Waals surface area contributed by atoms with E-state index in [0.717, 1.165) is 23.3 Å². The van der Waals surface area contributed by atoms with E-state index >= 15 is 0 Å². The van der Waals surface area contributed by atoms with Gasteiger partial charge in [0, 0.05) is 0 Å². The van der Waals surface area contributed by atoms with Crippen molar-refractivity contribution in [3.63, 3.8) is 0 Å². The van der Waals surface area contributed by atoms with Gasteiger partial charge in [-0.2, -0.15) is 0 Å². The Labute approximate surface area is 123 Å². The SMILES string of the molecule is CC(C)(C)c1ccccc1C(Cl)c1ccc(F)c(F)c1. The Kier molecular flexibility index (Phi) is 4.14. The van der Waals surface area contributed by atoms with E-state index in [4.69, 9.17) is 11.6 Å². The molecule has 0 radical (unpaired) electrons. The molecule has 2 rings (SSSR count). The highest BCUT2D eigenvalue weighted by atomic mass is 35.5. The smallest absolute Gasteiger partial charge is 0.159 e. The molecule has 0 bridgehead atoms. The fraction of sp³-hybridized carbons (Fsp3) is 0.294. The van der Waals surface area contributed by atoms with Gasteiger partial charge in [0.25, 0.3) is 0 Å². The van der Waals surface area contributed by atoms with E-state index in [2.05, 4.69) is 20.8 Å². The minimum atomic E-state index is -0.874. The van der Waals surface area contributed by atoms with Crippen molar-refractivity contribution in [2.75, 3.05) is 0 Å². The summed E-state index contributed by atoms with van der Waals surface area (Å²) < 4.78 is 26.4. The summed E-state index contributed by atoms with van der Waals surface area (Å²) in [6.45, 7) is 6.29. The van der Waals surface area contributed by atoms with Gasteiger partial charge < -0.3 is 0 Å². The Morgan fingerprint density at radius 3 is 2.20 bits per heavy atom. The predicted octanol–water partition coefficient (Wildman–Crippen LogP) is 5.59. The molecule has 106 valence electrons. The summed E-state index contributed by atoms with van der Waals surface area (Å²) in [7, 11) is 0. The fourth-order valence-electron chi connectivity index (χ4n) is 2.25. The van der Waals surface area contributed by atoms with E-state index in [0.29, 0.717) is 5.56 Å². The highest BCUT2D eigenvalue weighted by molar-refractivity contribution is 6.22. The number of rotatable bonds is 2. The predicted molar refractivity (Wildman–Crippen MR) is 79.2 cm³/mol. The number of alkyl halides is 1. The average molecular weight is 295 g/mol. The quantitative estimate of drug-likeness (QED) is 0.633. The van der Waals surface area contributed by atoms with Gasteiger partial charge in [0.2, 0.25) is 0 Å². The van der Waals surface area contributed by atoms with Crippen LogP contribution in [-0.4, -0.2) is 0 Å². The summed E-state index contributed by atoms with van der Waals surface area (Å²) in [5.41, 5.74) is 2.52. The maximum Gasteiger partial charge on any atom is 0.159 e. The number of hydrogen-bond donors (Lipinski definition) is 0. The minimum Gasteiger partial charge on any atom is -0.204 e. The third-order valence-electron chi connectivity index (χ3n) is 3.28.